The fourth-order valence-corrected chi connectivity index (χ4v) is 2.83. The second kappa shape index (κ2) is 4.48. The maximum absolute atomic E-state index is 2.51. The zero-order valence-corrected chi connectivity index (χ0v) is 9.90. The molecular weight excluding hydrogens is 156 g/mol. The Bertz CT molecular complexity index is 150. The van der Waals surface area contributed by atoms with Crippen LogP contribution in [-0.2, 0) is 0 Å². The van der Waals surface area contributed by atoms with Crippen LogP contribution in [-0.4, -0.2) is 0 Å². The van der Waals surface area contributed by atoms with Gasteiger partial charge in [-0.25, -0.2) is 0 Å². The Labute approximate surface area is 84.1 Å². The fraction of sp³-hybridized carbons (Fsp3) is 1.00. The summed E-state index contributed by atoms with van der Waals surface area (Å²) in [6.45, 7) is 9.61. The first kappa shape index (κ1) is 11.1. The minimum atomic E-state index is 0.684. The van der Waals surface area contributed by atoms with Gasteiger partial charge in [-0.2, -0.15) is 0 Å². The molecule has 3 atom stereocenters. The highest BCUT2D eigenvalue weighted by Gasteiger charge is 2.37. The van der Waals surface area contributed by atoms with Crippen LogP contribution < -0.4 is 0 Å². The Morgan fingerprint density at radius 2 is 2.08 bits per heavy atom. The molecule has 0 saturated heterocycles. The highest BCUT2D eigenvalue weighted by molar-refractivity contribution is 4.87. The summed E-state index contributed by atoms with van der Waals surface area (Å²) in [5.74, 6) is 1.96. The summed E-state index contributed by atoms with van der Waals surface area (Å²) in [4.78, 5) is 0. The van der Waals surface area contributed by atoms with E-state index >= 15 is 0 Å². The molecule has 0 amide bonds. The highest BCUT2D eigenvalue weighted by Crippen LogP contribution is 2.48. The standard InChI is InChI=1S/C13H26/c1-5-11(3)10-12-8-7-9-13(12,4)6-2/h11-12H,5-10H2,1-4H3. The third-order valence-electron chi connectivity index (χ3n) is 4.48. The van der Waals surface area contributed by atoms with Crippen LogP contribution >= 0.6 is 0 Å². The molecule has 0 aliphatic heterocycles. The van der Waals surface area contributed by atoms with Gasteiger partial charge in [-0.1, -0.05) is 47.0 Å². The molecule has 0 heteroatoms. The zero-order valence-electron chi connectivity index (χ0n) is 9.90. The number of hydrogen-bond donors (Lipinski definition) is 0. The Hall–Kier alpha value is 0. The molecule has 0 spiro atoms. The van der Waals surface area contributed by atoms with Gasteiger partial charge in [0, 0.05) is 0 Å². The molecule has 3 unspecified atom stereocenters. The molecule has 0 nitrogen and oxygen atoms in total. The fourth-order valence-electron chi connectivity index (χ4n) is 2.83. The third kappa shape index (κ3) is 2.48. The summed E-state index contributed by atoms with van der Waals surface area (Å²) in [5, 5.41) is 0. The van der Waals surface area contributed by atoms with Crippen LogP contribution in [0.5, 0.6) is 0 Å². The summed E-state index contributed by atoms with van der Waals surface area (Å²) in [5.41, 5.74) is 0.684. The van der Waals surface area contributed by atoms with Gasteiger partial charge in [0.2, 0.25) is 0 Å². The lowest BCUT2D eigenvalue weighted by atomic mass is 9.73. The molecule has 13 heavy (non-hydrogen) atoms. The summed E-state index contributed by atoms with van der Waals surface area (Å²) in [7, 11) is 0. The molecule has 0 aromatic carbocycles. The van der Waals surface area contributed by atoms with Crippen LogP contribution in [0.25, 0.3) is 0 Å². The van der Waals surface area contributed by atoms with Gasteiger partial charge in [-0.3, -0.25) is 0 Å². The van der Waals surface area contributed by atoms with E-state index < -0.39 is 0 Å². The lowest BCUT2D eigenvalue weighted by molar-refractivity contribution is 0.185. The van der Waals surface area contributed by atoms with Crippen molar-refractivity contribution in [2.75, 3.05) is 0 Å². The lowest BCUT2D eigenvalue weighted by Crippen LogP contribution is -2.22. The topological polar surface area (TPSA) is 0 Å². The van der Waals surface area contributed by atoms with E-state index in [0.29, 0.717) is 5.41 Å². The third-order valence-corrected chi connectivity index (χ3v) is 4.48. The SMILES string of the molecule is CCC(C)CC1CCCC1(C)CC. The van der Waals surface area contributed by atoms with Crippen LogP contribution in [0.4, 0.5) is 0 Å². The van der Waals surface area contributed by atoms with E-state index in [2.05, 4.69) is 27.7 Å². The monoisotopic (exact) mass is 182 g/mol. The van der Waals surface area contributed by atoms with E-state index in [1.165, 1.54) is 38.5 Å². The average molecular weight is 182 g/mol. The normalized spacial score (nSPS) is 36.5. The minimum Gasteiger partial charge on any atom is -0.0651 e. The Balaban J connectivity index is 2.48. The Morgan fingerprint density at radius 1 is 1.38 bits per heavy atom. The summed E-state index contributed by atoms with van der Waals surface area (Å²) in [6, 6.07) is 0. The maximum Gasteiger partial charge on any atom is -0.0300 e. The predicted octanol–water partition coefficient (Wildman–Crippen LogP) is 4.64. The molecule has 0 N–H and O–H groups in total. The van der Waals surface area contributed by atoms with Gasteiger partial charge in [-0.05, 0) is 36.5 Å². The van der Waals surface area contributed by atoms with Crippen LogP contribution in [0.15, 0.2) is 0 Å². The second-order valence-electron chi connectivity index (χ2n) is 5.35. The van der Waals surface area contributed by atoms with E-state index in [9.17, 15) is 0 Å². The molecule has 0 heterocycles. The van der Waals surface area contributed by atoms with Crippen molar-refractivity contribution in [3.8, 4) is 0 Å². The Morgan fingerprint density at radius 3 is 2.62 bits per heavy atom. The summed E-state index contributed by atoms with van der Waals surface area (Å²) in [6.07, 6.45) is 8.66. The predicted molar refractivity (Wildman–Crippen MR) is 59.8 cm³/mol. The number of hydrogen-bond acceptors (Lipinski definition) is 0. The smallest absolute Gasteiger partial charge is 0.0300 e. The van der Waals surface area contributed by atoms with Crippen molar-refractivity contribution in [2.45, 2.75) is 66.2 Å². The molecule has 0 aromatic heterocycles. The van der Waals surface area contributed by atoms with E-state index in [-0.39, 0.29) is 0 Å². The largest absolute Gasteiger partial charge is 0.0651 e. The van der Waals surface area contributed by atoms with E-state index in [0.717, 1.165) is 11.8 Å². The quantitative estimate of drug-likeness (QED) is 0.594. The summed E-state index contributed by atoms with van der Waals surface area (Å²) < 4.78 is 0. The van der Waals surface area contributed by atoms with Crippen LogP contribution in [0.2, 0.25) is 0 Å². The van der Waals surface area contributed by atoms with Gasteiger partial charge in [0.05, 0.1) is 0 Å². The Kier molecular flexibility index (Phi) is 3.82. The zero-order chi connectivity index (χ0) is 9.90. The van der Waals surface area contributed by atoms with E-state index in [1.54, 1.807) is 0 Å². The molecule has 78 valence electrons. The molecular formula is C13H26. The van der Waals surface area contributed by atoms with Gasteiger partial charge in [0.15, 0.2) is 0 Å². The van der Waals surface area contributed by atoms with Crippen molar-refractivity contribution < 1.29 is 0 Å². The van der Waals surface area contributed by atoms with Crippen LogP contribution in [0.3, 0.4) is 0 Å². The van der Waals surface area contributed by atoms with Crippen molar-refractivity contribution in [3.05, 3.63) is 0 Å². The average Bonchev–Trinajstić information content (AvgIpc) is 2.49. The first-order chi connectivity index (χ1) is 6.12. The number of rotatable bonds is 4. The van der Waals surface area contributed by atoms with Crippen molar-refractivity contribution >= 4 is 0 Å². The summed E-state index contributed by atoms with van der Waals surface area (Å²) >= 11 is 0. The molecule has 1 fully saturated rings. The second-order valence-corrected chi connectivity index (χ2v) is 5.35. The molecule has 1 saturated carbocycles. The van der Waals surface area contributed by atoms with Crippen molar-refractivity contribution in [3.63, 3.8) is 0 Å². The highest BCUT2D eigenvalue weighted by atomic mass is 14.4. The molecule has 0 bridgehead atoms. The lowest BCUT2D eigenvalue weighted by Gasteiger charge is -2.32. The van der Waals surface area contributed by atoms with Gasteiger partial charge in [-0.15, -0.1) is 0 Å². The van der Waals surface area contributed by atoms with Crippen LogP contribution in [0, 0.1) is 17.3 Å². The molecule has 0 radical (unpaired) electrons. The van der Waals surface area contributed by atoms with Crippen molar-refractivity contribution in [1.29, 1.82) is 0 Å². The van der Waals surface area contributed by atoms with Gasteiger partial charge in [0.1, 0.15) is 0 Å². The van der Waals surface area contributed by atoms with E-state index in [1.807, 2.05) is 0 Å². The van der Waals surface area contributed by atoms with Gasteiger partial charge in [0.25, 0.3) is 0 Å². The van der Waals surface area contributed by atoms with E-state index in [4.69, 9.17) is 0 Å². The van der Waals surface area contributed by atoms with Crippen molar-refractivity contribution in [1.82, 2.24) is 0 Å². The van der Waals surface area contributed by atoms with Crippen LogP contribution in [0.1, 0.15) is 66.2 Å². The maximum atomic E-state index is 2.51. The molecule has 1 aliphatic rings. The van der Waals surface area contributed by atoms with Crippen molar-refractivity contribution in [2.24, 2.45) is 17.3 Å². The molecule has 0 aromatic rings. The van der Waals surface area contributed by atoms with Gasteiger partial charge < -0.3 is 0 Å². The van der Waals surface area contributed by atoms with Gasteiger partial charge >= 0.3 is 0 Å². The first-order valence-corrected chi connectivity index (χ1v) is 6.12. The molecule has 1 rings (SSSR count). The first-order valence-electron chi connectivity index (χ1n) is 6.12. The minimum absolute atomic E-state index is 0.684. The molecule has 1 aliphatic carbocycles.